The van der Waals surface area contributed by atoms with Crippen LogP contribution in [0.2, 0.25) is 5.02 Å². The van der Waals surface area contributed by atoms with E-state index >= 15 is 4.39 Å². The molecule has 1 unspecified atom stereocenters. The number of aromatic nitrogens is 1. The number of pyridine rings is 1. The number of hydrogen-bond donors (Lipinski definition) is 2. The number of nitrogens with zero attached hydrogens (tertiary/aromatic N) is 4. The number of carbonyl (C=O) groups excluding carboxylic acids is 2. The summed E-state index contributed by atoms with van der Waals surface area (Å²) in [6.07, 6.45) is 2.58. The number of ether oxygens (including phenoxy) is 1. The monoisotopic (exact) mass is 631 g/mol. The Morgan fingerprint density at radius 3 is 2.67 bits per heavy atom. The highest BCUT2D eigenvalue weighted by atomic mass is 35.5. The number of anilines is 2. The SMILES string of the molecule is C=C(C)c1c(NC2CN(C(=O)N3C[C@@H]4C[C@H]3CO4)C2)ccc2c1C(C)(c1cccc(Cl)c1F)CN(c1ccc(CO)cn1)C2=O. The lowest BCUT2D eigenvalue weighted by Crippen LogP contribution is -2.61. The van der Waals surface area contributed by atoms with E-state index in [1.165, 1.54) is 12.3 Å². The van der Waals surface area contributed by atoms with Crippen LogP contribution in [-0.4, -0.2) is 82.8 Å². The first-order valence-corrected chi connectivity index (χ1v) is 15.6. The van der Waals surface area contributed by atoms with E-state index in [1.807, 2.05) is 29.7 Å². The van der Waals surface area contributed by atoms with Crippen LogP contribution in [0.25, 0.3) is 5.57 Å². The van der Waals surface area contributed by atoms with Gasteiger partial charge in [-0.25, -0.2) is 14.2 Å². The lowest BCUT2D eigenvalue weighted by atomic mass is 9.68. The summed E-state index contributed by atoms with van der Waals surface area (Å²) in [6, 6.07) is 12.2. The van der Waals surface area contributed by atoms with Gasteiger partial charge < -0.3 is 25.0 Å². The van der Waals surface area contributed by atoms with Crippen molar-refractivity contribution in [3.8, 4) is 0 Å². The van der Waals surface area contributed by atoms with Gasteiger partial charge in [0.15, 0.2) is 0 Å². The van der Waals surface area contributed by atoms with E-state index in [2.05, 4.69) is 16.9 Å². The number of urea groups is 1. The second kappa shape index (κ2) is 11.1. The molecule has 4 aliphatic heterocycles. The molecule has 0 radical (unpaired) electrons. The van der Waals surface area contributed by atoms with Crippen LogP contribution in [0.1, 0.15) is 52.9 Å². The molecule has 0 saturated carbocycles. The van der Waals surface area contributed by atoms with E-state index in [0.717, 1.165) is 23.2 Å². The molecule has 0 spiro atoms. The van der Waals surface area contributed by atoms with Gasteiger partial charge in [-0.05, 0) is 61.2 Å². The second-order valence-corrected chi connectivity index (χ2v) is 13.1. The average Bonchev–Trinajstić information content (AvgIpc) is 3.65. The van der Waals surface area contributed by atoms with Crippen molar-refractivity contribution in [2.75, 3.05) is 43.0 Å². The van der Waals surface area contributed by atoms with E-state index in [1.54, 1.807) is 35.2 Å². The molecule has 3 amide bonds. The highest BCUT2D eigenvalue weighted by molar-refractivity contribution is 6.30. The molecule has 2 aromatic carbocycles. The minimum atomic E-state index is -1.04. The number of fused-ring (bicyclic) bond motifs is 3. The number of amides is 3. The van der Waals surface area contributed by atoms with Gasteiger partial charge in [-0.3, -0.25) is 9.69 Å². The lowest BCUT2D eigenvalue weighted by molar-refractivity contribution is 0.0304. The maximum absolute atomic E-state index is 15.9. The molecule has 11 heteroatoms. The Bertz CT molecular complexity index is 1710. The number of allylic oxidation sites excluding steroid dienone is 1. The van der Waals surface area contributed by atoms with Gasteiger partial charge in [0.2, 0.25) is 0 Å². The summed E-state index contributed by atoms with van der Waals surface area (Å²) in [5.41, 5.74) is 3.23. The number of benzene rings is 2. The summed E-state index contributed by atoms with van der Waals surface area (Å²) in [4.78, 5) is 37.0. The molecule has 2 bridgehead atoms. The summed E-state index contributed by atoms with van der Waals surface area (Å²) in [7, 11) is 0. The molecule has 3 atom stereocenters. The van der Waals surface area contributed by atoms with Gasteiger partial charge in [0.1, 0.15) is 11.6 Å². The molecule has 45 heavy (non-hydrogen) atoms. The number of likely N-dealkylation sites (tertiary alicyclic amines) is 2. The van der Waals surface area contributed by atoms with Crippen molar-refractivity contribution in [1.82, 2.24) is 14.8 Å². The van der Waals surface area contributed by atoms with Crippen LogP contribution in [-0.2, 0) is 16.8 Å². The van der Waals surface area contributed by atoms with Gasteiger partial charge in [-0.1, -0.05) is 36.4 Å². The second-order valence-electron chi connectivity index (χ2n) is 12.7. The van der Waals surface area contributed by atoms with Crippen molar-refractivity contribution >= 4 is 40.6 Å². The largest absolute Gasteiger partial charge is 0.392 e. The zero-order chi connectivity index (χ0) is 31.6. The van der Waals surface area contributed by atoms with Crippen LogP contribution >= 0.6 is 11.6 Å². The van der Waals surface area contributed by atoms with E-state index in [4.69, 9.17) is 16.3 Å². The Kier molecular flexibility index (Phi) is 7.34. The van der Waals surface area contributed by atoms with Crippen molar-refractivity contribution in [2.24, 2.45) is 0 Å². The summed E-state index contributed by atoms with van der Waals surface area (Å²) in [5, 5.41) is 13.1. The molecule has 7 rings (SSSR count). The number of rotatable bonds is 6. The molecular formula is C34H35ClFN5O4. The zero-order valence-electron chi connectivity index (χ0n) is 25.2. The quantitative estimate of drug-likeness (QED) is 0.395. The average molecular weight is 632 g/mol. The third-order valence-electron chi connectivity index (χ3n) is 9.61. The number of nitrogens with one attached hydrogen (secondary N) is 1. The Hall–Kier alpha value is -3.99. The molecule has 234 valence electrons. The fourth-order valence-corrected chi connectivity index (χ4v) is 7.47. The number of halogens is 2. The Balaban J connectivity index is 1.25. The predicted molar refractivity (Wildman–Crippen MR) is 170 cm³/mol. The van der Waals surface area contributed by atoms with Crippen molar-refractivity contribution in [2.45, 2.75) is 50.5 Å². The molecule has 3 saturated heterocycles. The number of morpholine rings is 1. The van der Waals surface area contributed by atoms with Crippen molar-refractivity contribution in [3.05, 3.63) is 93.9 Å². The molecule has 2 N–H and O–H groups in total. The fourth-order valence-electron chi connectivity index (χ4n) is 7.30. The van der Waals surface area contributed by atoms with Crippen LogP contribution in [0.5, 0.6) is 0 Å². The van der Waals surface area contributed by atoms with Crippen LogP contribution in [0.15, 0.2) is 55.2 Å². The molecule has 0 aliphatic carbocycles. The van der Waals surface area contributed by atoms with E-state index in [9.17, 15) is 14.7 Å². The first kappa shape index (κ1) is 29.7. The third kappa shape index (κ3) is 4.86. The van der Waals surface area contributed by atoms with Crippen LogP contribution in [0, 0.1) is 5.82 Å². The van der Waals surface area contributed by atoms with Gasteiger partial charge in [0.25, 0.3) is 5.91 Å². The molecule has 4 aliphatic rings. The first-order valence-electron chi connectivity index (χ1n) is 15.2. The lowest BCUT2D eigenvalue weighted by Gasteiger charge is -2.45. The minimum absolute atomic E-state index is 0.000308. The van der Waals surface area contributed by atoms with Crippen LogP contribution < -0.4 is 10.2 Å². The maximum atomic E-state index is 15.9. The number of hydrogen-bond acceptors (Lipinski definition) is 6. The topological polar surface area (TPSA) is 98.2 Å². The number of carbonyl (C=O) groups is 2. The highest BCUT2D eigenvalue weighted by Crippen LogP contribution is 2.47. The summed E-state index contributed by atoms with van der Waals surface area (Å²) in [6.45, 7) is 10.3. The standard InChI is InChI=1S/C34H35ClFN5O4/c1-19(2)29-27(38-21-13-39(14-21)33(44)40-15-23-11-22(40)17-45-23)9-8-24-30(29)34(3,25-5-4-6-26(35)31(25)36)18-41(32(24)43)28-10-7-20(16-42)12-37-28/h4-10,12,21-23,38,42H,1,11,13-18H2,2-3H3/t22-,23-,34?/m0/s1. The summed E-state index contributed by atoms with van der Waals surface area (Å²) >= 11 is 6.31. The van der Waals surface area contributed by atoms with Gasteiger partial charge in [-0.2, -0.15) is 0 Å². The van der Waals surface area contributed by atoms with E-state index in [0.29, 0.717) is 54.3 Å². The van der Waals surface area contributed by atoms with Crippen LogP contribution in [0.3, 0.4) is 0 Å². The van der Waals surface area contributed by atoms with Crippen molar-refractivity contribution in [1.29, 1.82) is 0 Å². The molecular weight excluding hydrogens is 597 g/mol. The van der Waals surface area contributed by atoms with Gasteiger partial charge >= 0.3 is 6.03 Å². The van der Waals surface area contributed by atoms with E-state index in [-0.39, 0.29) is 48.3 Å². The Morgan fingerprint density at radius 2 is 2.02 bits per heavy atom. The third-order valence-corrected chi connectivity index (χ3v) is 9.90. The summed E-state index contributed by atoms with van der Waals surface area (Å²) < 4.78 is 21.5. The van der Waals surface area contributed by atoms with Gasteiger partial charge in [-0.15, -0.1) is 0 Å². The van der Waals surface area contributed by atoms with Crippen molar-refractivity contribution in [3.63, 3.8) is 0 Å². The minimum Gasteiger partial charge on any atom is -0.392 e. The first-order chi connectivity index (χ1) is 21.6. The van der Waals surface area contributed by atoms with Crippen LogP contribution in [0.4, 0.5) is 20.7 Å². The Morgan fingerprint density at radius 1 is 1.22 bits per heavy atom. The molecule has 5 heterocycles. The maximum Gasteiger partial charge on any atom is 0.320 e. The number of aliphatic hydroxyl groups is 1. The molecule has 9 nitrogen and oxygen atoms in total. The molecule has 3 fully saturated rings. The Labute approximate surface area is 266 Å². The normalized spacial score (nSPS) is 24.1. The molecule has 3 aromatic rings. The fraction of sp³-hybridized carbons (Fsp3) is 0.382. The summed E-state index contributed by atoms with van der Waals surface area (Å²) in [5.74, 6) is -0.425. The van der Waals surface area contributed by atoms with Crippen molar-refractivity contribution < 1.29 is 23.8 Å². The molecule has 1 aromatic heterocycles. The van der Waals surface area contributed by atoms with E-state index < -0.39 is 11.2 Å². The number of aliphatic hydroxyl groups excluding tert-OH is 1. The smallest absolute Gasteiger partial charge is 0.320 e. The van der Waals surface area contributed by atoms with Gasteiger partial charge in [0, 0.05) is 60.2 Å². The highest BCUT2D eigenvalue weighted by Gasteiger charge is 2.47. The predicted octanol–water partition coefficient (Wildman–Crippen LogP) is 5.06. The zero-order valence-corrected chi connectivity index (χ0v) is 26.0. The van der Waals surface area contributed by atoms with Gasteiger partial charge in [0.05, 0.1) is 36.4 Å².